The second kappa shape index (κ2) is 5.95. The first-order valence-electron chi connectivity index (χ1n) is 5.60. The summed E-state index contributed by atoms with van der Waals surface area (Å²) in [7, 11) is 1.46. The van der Waals surface area contributed by atoms with E-state index in [1.54, 1.807) is 18.2 Å². The lowest BCUT2D eigenvalue weighted by atomic mass is 10.2. The molecule has 2 aromatic rings. The number of rotatable bonds is 5. The Kier molecular flexibility index (Phi) is 4.07. The minimum Gasteiger partial charge on any atom is -0.493 e. The summed E-state index contributed by atoms with van der Waals surface area (Å²) in [6.07, 6.45) is 1.99. The van der Waals surface area contributed by atoms with E-state index in [1.807, 2.05) is 0 Å². The molecule has 5 heteroatoms. The molecular formula is C14H12FNO3. The van der Waals surface area contributed by atoms with Crippen molar-refractivity contribution in [1.29, 1.82) is 0 Å². The Balaban J connectivity index is 2.15. The number of hydrogen-bond donors (Lipinski definition) is 0. The number of ether oxygens (including phenoxy) is 2. The predicted molar refractivity (Wildman–Crippen MR) is 66.9 cm³/mol. The molecule has 0 aliphatic rings. The van der Waals surface area contributed by atoms with E-state index in [9.17, 15) is 9.18 Å². The number of benzene rings is 1. The summed E-state index contributed by atoms with van der Waals surface area (Å²) in [5, 5.41) is 0. The molecule has 0 aliphatic carbocycles. The average molecular weight is 261 g/mol. The van der Waals surface area contributed by atoms with Gasteiger partial charge in [-0.3, -0.25) is 4.79 Å². The summed E-state index contributed by atoms with van der Waals surface area (Å²) in [4.78, 5) is 14.5. The Morgan fingerprint density at radius 2 is 2.11 bits per heavy atom. The predicted octanol–water partition coefficient (Wildman–Crippen LogP) is 2.62. The van der Waals surface area contributed by atoms with E-state index in [4.69, 9.17) is 9.47 Å². The van der Waals surface area contributed by atoms with Gasteiger partial charge in [0.25, 0.3) is 0 Å². The number of hydrogen-bond acceptors (Lipinski definition) is 4. The van der Waals surface area contributed by atoms with Crippen molar-refractivity contribution in [3.8, 4) is 11.5 Å². The third-order valence-electron chi connectivity index (χ3n) is 2.53. The first kappa shape index (κ1) is 13.0. The van der Waals surface area contributed by atoms with Crippen molar-refractivity contribution >= 4 is 6.29 Å². The monoisotopic (exact) mass is 261 g/mol. The van der Waals surface area contributed by atoms with E-state index in [0.717, 1.165) is 0 Å². The summed E-state index contributed by atoms with van der Waals surface area (Å²) in [5.41, 5.74) is 0.680. The summed E-state index contributed by atoms with van der Waals surface area (Å²) >= 11 is 0. The Labute approximate surface area is 109 Å². The van der Waals surface area contributed by atoms with Gasteiger partial charge < -0.3 is 9.47 Å². The number of nitrogens with zero attached hydrogens (tertiary/aromatic N) is 1. The van der Waals surface area contributed by atoms with E-state index >= 15 is 0 Å². The Hall–Kier alpha value is -2.43. The van der Waals surface area contributed by atoms with Gasteiger partial charge >= 0.3 is 0 Å². The van der Waals surface area contributed by atoms with Crippen molar-refractivity contribution < 1.29 is 18.7 Å². The van der Waals surface area contributed by atoms with E-state index in [1.165, 1.54) is 25.4 Å². The molecule has 0 amide bonds. The van der Waals surface area contributed by atoms with E-state index in [-0.39, 0.29) is 18.1 Å². The maximum absolute atomic E-state index is 13.4. The van der Waals surface area contributed by atoms with E-state index in [2.05, 4.69) is 4.98 Å². The van der Waals surface area contributed by atoms with Crippen molar-refractivity contribution in [3.63, 3.8) is 0 Å². The van der Waals surface area contributed by atoms with Gasteiger partial charge in [0, 0.05) is 11.6 Å². The highest BCUT2D eigenvalue weighted by Crippen LogP contribution is 2.27. The fourth-order valence-electron chi connectivity index (χ4n) is 1.54. The Morgan fingerprint density at radius 1 is 1.32 bits per heavy atom. The fraction of sp³-hybridized carbons (Fsp3) is 0.143. The first-order valence-corrected chi connectivity index (χ1v) is 5.60. The van der Waals surface area contributed by atoms with Crippen molar-refractivity contribution in [2.24, 2.45) is 0 Å². The van der Waals surface area contributed by atoms with Crippen LogP contribution in [0.2, 0.25) is 0 Å². The number of carbonyl (C=O) groups is 1. The van der Waals surface area contributed by atoms with Crippen LogP contribution < -0.4 is 9.47 Å². The number of carbonyl (C=O) groups excluding carboxylic acids is 1. The van der Waals surface area contributed by atoms with Gasteiger partial charge in [0.2, 0.25) is 0 Å². The number of halogens is 1. The normalized spacial score (nSPS) is 10.0. The maximum atomic E-state index is 13.4. The molecule has 2 rings (SSSR count). The topological polar surface area (TPSA) is 48.4 Å². The van der Waals surface area contributed by atoms with Gasteiger partial charge in [-0.25, -0.2) is 9.37 Å². The second-order valence-corrected chi connectivity index (χ2v) is 3.76. The lowest BCUT2D eigenvalue weighted by Gasteiger charge is -2.10. The minimum atomic E-state index is -0.334. The summed E-state index contributed by atoms with van der Waals surface area (Å²) in [6.45, 7) is 0.0607. The molecular weight excluding hydrogens is 249 g/mol. The molecule has 0 fully saturated rings. The number of aromatic nitrogens is 1. The fourth-order valence-corrected chi connectivity index (χ4v) is 1.54. The SMILES string of the molecule is COc1cc(C=O)ncc1OCc1ccccc1F. The summed E-state index contributed by atoms with van der Waals surface area (Å²) < 4.78 is 24.0. The lowest BCUT2D eigenvalue weighted by molar-refractivity contribution is 0.111. The molecule has 0 aliphatic heterocycles. The Bertz CT molecular complexity index is 587. The summed E-state index contributed by atoms with van der Waals surface area (Å²) in [5.74, 6) is 0.406. The highest BCUT2D eigenvalue weighted by molar-refractivity contribution is 5.73. The van der Waals surface area contributed by atoms with Crippen molar-refractivity contribution in [1.82, 2.24) is 4.98 Å². The molecule has 0 unspecified atom stereocenters. The molecule has 1 heterocycles. The standard InChI is InChI=1S/C14H12FNO3/c1-18-13-6-11(8-17)16-7-14(13)19-9-10-4-2-3-5-12(10)15/h2-8H,9H2,1H3. The third-order valence-corrected chi connectivity index (χ3v) is 2.53. The van der Waals surface area contributed by atoms with Crippen LogP contribution in [0.5, 0.6) is 11.5 Å². The van der Waals surface area contributed by atoms with Crippen LogP contribution in [-0.4, -0.2) is 18.4 Å². The summed E-state index contributed by atoms with van der Waals surface area (Å²) in [6, 6.07) is 7.80. The van der Waals surface area contributed by atoms with Crippen LogP contribution in [0, 0.1) is 5.82 Å². The minimum absolute atomic E-state index is 0.0607. The molecule has 98 valence electrons. The van der Waals surface area contributed by atoms with Crippen LogP contribution in [0.4, 0.5) is 4.39 Å². The molecule has 0 atom stereocenters. The van der Waals surface area contributed by atoms with Crippen molar-refractivity contribution in [2.75, 3.05) is 7.11 Å². The average Bonchev–Trinajstić information content (AvgIpc) is 2.46. The molecule has 19 heavy (non-hydrogen) atoms. The number of methoxy groups -OCH3 is 1. The smallest absolute Gasteiger partial charge is 0.179 e. The van der Waals surface area contributed by atoms with Gasteiger partial charge in [0.05, 0.1) is 13.3 Å². The van der Waals surface area contributed by atoms with Crippen LogP contribution in [0.15, 0.2) is 36.5 Å². The highest BCUT2D eigenvalue weighted by Gasteiger charge is 2.08. The van der Waals surface area contributed by atoms with Gasteiger partial charge in [0.15, 0.2) is 17.8 Å². The molecule has 4 nitrogen and oxygen atoms in total. The number of pyridine rings is 1. The van der Waals surface area contributed by atoms with Gasteiger partial charge in [-0.05, 0) is 6.07 Å². The zero-order valence-corrected chi connectivity index (χ0v) is 10.3. The zero-order valence-electron chi connectivity index (χ0n) is 10.3. The molecule has 1 aromatic heterocycles. The molecule has 0 radical (unpaired) electrons. The quantitative estimate of drug-likeness (QED) is 0.776. The van der Waals surface area contributed by atoms with Gasteiger partial charge in [-0.2, -0.15) is 0 Å². The molecule has 0 spiro atoms. The molecule has 1 aromatic carbocycles. The van der Waals surface area contributed by atoms with Gasteiger partial charge in [0.1, 0.15) is 18.1 Å². The van der Waals surface area contributed by atoms with Crippen LogP contribution in [0.1, 0.15) is 16.1 Å². The van der Waals surface area contributed by atoms with Crippen LogP contribution in [-0.2, 0) is 6.61 Å². The third kappa shape index (κ3) is 3.07. The molecule has 0 saturated carbocycles. The molecule has 0 bridgehead atoms. The molecule has 0 saturated heterocycles. The van der Waals surface area contributed by atoms with Crippen LogP contribution in [0.3, 0.4) is 0 Å². The number of aldehydes is 1. The van der Waals surface area contributed by atoms with Crippen molar-refractivity contribution in [3.05, 3.63) is 53.6 Å². The maximum Gasteiger partial charge on any atom is 0.179 e. The van der Waals surface area contributed by atoms with E-state index < -0.39 is 0 Å². The first-order chi connectivity index (χ1) is 9.24. The van der Waals surface area contributed by atoms with Crippen LogP contribution in [0.25, 0.3) is 0 Å². The van der Waals surface area contributed by atoms with Gasteiger partial charge in [-0.15, -0.1) is 0 Å². The van der Waals surface area contributed by atoms with Gasteiger partial charge in [-0.1, -0.05) is 18.2 Å². The van der Waals surface area contributed by atoms with E-state index in [0.29, 0.717) is 23.3 Å². The second-order valence-electron chi connectivity index (χ2n) is 3.76. The lowest BCUT2D eigenvalue weighted by Crippen LogP contribution is -2.01. The van der Waals surface area contributed by atoms with Crippen molar-refractivity contribution in [2.45, 2.75) is 6.61 Å². The largest absolute Gasteiger partial charge is 0.493 e. The van der Waals surface area contributed by atoms with Crippen LogP contribution >= 0.6 is 0 Å². The highest BCUT2D eigenvalue weighted by atomic mass is 19.1. The zero-order chi connectivity index (χ0) is 13.7. The Morgan fingerprint density at radius 3 is 2.79 bits per heavy atom. The molecule has 0 N–H and O–H groups in total.